The van der Waals surface area contributed by atoms with Crippen LogP contribution < -0.4 is 0 Å². The van der Waals surface area contributed by atoms with E-state index in [1.807, 2.05) is 20.1 Å². The molecular formula is C13H23O4. The van der Waals surface area contributed by atoms with Gasteiger partial charge in [-0.1, -0.05) is 13.8 Å². The van der Waals surface area contributed by atoms with Crippen molar-refractivity contribution in [1.82, 2.24) is 0 Å². The minimum absolute atomic E-state index is 0.0713. The highest BCUT2D eigenvalue weighted by Crippen LogP contribution is 2.28. The fourth-order valence-corrected chi connectivity index (χ4v) is 2.06. The van der Waals surface area contributed by atoms with Gasteiger partial charge in [0.2, 0.25) is 6.29 Å². The molecule has 0 aromatic carbocycles. The Balaban J connectivity index is 4.61. The van der Waals surface area contributed by atoms with Gasteiger partial charge in [0, 0.05) is 13.0 Å². The predicted octanol–water partition coefficient (Wildman–Crippen LogP) is 1.10. The van der Waals surface area contributed by atoms with Crippen LogP contribution in [0.3, 0.4) is 0 Å². The lowest BCUT2D eigenvalue weighted by Gasteiger charge is -2.29. The van der Waals surface area contributed by atoms with Crippen molar-refractivity contribution in [1.29, 1.82) is 0 Å². The number of ketones is 1. The van der Waals surface area contributed by atoms with Gasteiger partial charge >= 0.3 is 0 Å². The molecule has 0 aliphatic carbocycles. The summed E-state index contributed by atoms with van der Waals surface area (Å²) in [6.45, 7) is 5.28. The lowest BCUT2D eigenvalue weighted by Crippen LogP contribution is -2.33. The van der Waals surface area contributed by atoms with Crippen LogP contribution in [0.5, 0.6) is 0 Å². The second kappa shape index (κ2) is 8.37. The topological polar surface area (TPSA) is 74.6 Å². The van der Waals surface area contributed by atoms with Crippen molar-refractivity contribution in [2.75, 3.05) is 6.61 Å². The highest BCUT2D eigenvalue weighted by Gasteiger charge is 2.30. The summed E-state index contributed by atoms with van der Waals surface area (Å²) in [5, 5.41) is 18.6. The Labute approximate surface area is 103 Å². The molecule has 0 rings (SSSR count). The molecular weight excluding hydrogens is 220 g/mol. The molecule has 0 amide bonds. The van der Waals surface area contributed by atoms with Gasteiger partial charge in [-0.3, -0.25) is 4.79 Å². The fourth-order valence-electron chi connectivity index (χ4n) is 2.06. The van der Waals surface area contributed by atoms with E-state index >= 15 is 0 Å². The highest BCUT2D eigenvalue weighted by molar-refractivity contribution is 5.75. The van der Waals surface area contributed by atoms with Crippen LogP contribution in [0.15, 0.2) is 0 Å². The fraction of sp³-hybridized carbons (Fsp3) is 0.846. The lowest BCUT2D eigenvalue weighted by atomic mass is 9.77. The molecule has 4 nitrogen and oxygen atoms in total. The molecule has 0 saturated carbocycles. The maximum Gasteiger partial charge on any atom is 0.204 e. The van der Waals surface area contributed by atoms with Gasteiger partial charge in [0.05, 0.1) is 12.0 Å². The SMILES string of the molecule is CC(=O)CCC(C(C)C)C([C]=O)C(O)CCO. The number of rotatable bonds is 9. The Hall–Kier alpha value is -0.740. The van der Waals surface area contributed by atoms with Crippen molar-refractivity contribution in [3.63, 3.8) is 0 Å². The first-order chi connectivity index (χ1) is 7.93. The zero-order chi connectivity index (χ0) is 13.4. The van der Waals surface area contributed by atoms with E-state index in [2.05, 4.69) is 0 Å². The third-order valence-electron chi connectivity index (χ3n) is 3.12. The van der Waals surface area contributed by atoms with E-state index in [1.54, 1.807) is 0 Å². The lowest BCUT2D eigenvalue weighted by molar-refractivity contribution is -0.117. The summed E-state index contributed by atoms with van der Waals surface area (Å²) in [4.78, 5) is 21.9. The average Bonchev–Trinajstić information content (AvgIpc) is 2.23. The maximum atomic E-state index is 11.0. The van der Waals surface area contributed by atoms with Crippen LogP contribution in [0.1, 0.15) is 40.0 Å². The molecule has 99 valence electrons. The van der Waals surface area contributed by atoms with E-state index < -0.39 is 12.0 Å². The molecule has 0 aromatic rings. The van der Waals surface area contributed by atoms with Crippen molar-refractivity contribution < 1.29 is 19.8 Å². The molecule has 0 heterocycles. The Morgan fingerprint density at radius 3 is 2.24 bits per heavy atom. The summed E-state index contributed by atoms with van der Waals surface area (Å²) in [5.74, 6) is -0.425. The smallest absolute Gasteiger partial charge is 0.204 e. The molecule has 3 unspecified atom stereocenters. The van der Waals surface area contributed by atoms with Gasteiger partial charge in [-0.05, 0) is 31.6 Å². The Bertz CT molecular complexity index is 238. The largest absolute Gasteiger partial charge is 0.396 e. The minimum atomic E-state index is -0.878. The van der Waals surface area contributed by atoms with Gasteiger partial charge in [-0.15, -0.1) is 0 Å². The molecule has 0 aliphatic rings. The summed E-state index contributed by atoms with van der Waals surface area (Å²) in [5.41, 5.74) is 0. The Kier molecular flexibility index (Phi) is 8.00. The Morgan fingerprint density at radius 1 is 1.29 bits per heavy atom. The van der Waals surface area contributed by atoms with Crippen molar-refractivity contribution in [3.8, 4) is 0 Å². The summed E-state index contributed by atoms with van der Waals surface area (Å²) in [6, 6.07) is 0. The van der Waals surface area contributed by atoms with E-state index in [-0.39, 0.29) is 30.6 Å². The summed E-state index contributed by atoms with van der Waals surface area (Å²) >= 11 is 0. The molecule has 0 fully saturated rings. The maximum absolute atomic E-state index is 11.0. The van der Waals surface area contributed by atoms with Crippen molar-refractivity contribution in [3.05, 3.63) is 0 Å². The van der Waals surface area contributed by atoms with Gasteiger partial charge in [0.25, 0.3) is 0 Å². The van der Waals surface area contributed by atoms with E-state index in [1.165, 1.54) is 6.92 Å². The van der Waals surface area contributed by atoms with E-state index in [0.29, 0.717) is 12.8 Å². The third-order valence-corrected chi connectivity index (χ3v) is 3.12. The van der Waals surface area contributed by atoms with Crippen molar-refractivity contribution in [2.24, 2.45) is 17.8 Å². The molecule has 4 heteroatoms. The van der Waals surface area contributed by atoms with Crippen LogP contribution in [-0.2, 0) is 9.59 Å². The number of hydrogen-bond donors (Lipinski definition) is 2. The van der Waals surface area contributed by atoms with Crippen LogP contribution in [0.25, 0.3) is 0 Å². The minimum Gasteiger partial charge on any atom is -0.396 e. The molecule has 0 saturated heterocycles. The summed E-state index contributed by atoms with van der Waals surface area (Å²) in [6.07, 6.45) is 2.15. The van der Waals surface area contributed by atoms with Crippen LogP contribution >= 0.6 is 0 Å². The van der Waals surface area contributed by atoms with Gasteiger partial charge in [-0.2, -0.15) is 0 Å². The van der Waals surface area contributed by atoms with Gasteiger partial charge in [-0.25, -0.2) is 0 Å². The van der Waals surface area contributed by atoms with Crippen molar-refractivity contribution in [2.45, 2.75) is 46.1 Å². The molecule has 0 bridgehead atoms. The number of aliphatic hydroxyl groups excluding tert-OH is 2. The van der Waals surface area contributed by atoms with E-state index in [9.17, 15) is 14.7 Å². The first-order valence-electron chi connectivity index (χ1n) is 6.10. The average molecular weight is 243 g/mol. The quantitative estimate of drug-likeness (QED) is 0.636. The molecule has 0 aliphatic heterocycles. The second-order valence-corrected chi connectivity index (χ2v) is 4.87. The molecule has 0 aromatic heterocycles. The summed E-state index contributed by atoms with van der Waals surface area (Å²) in [7, 11) is 0. The molecule has 1 radical (unpaired) electrons. The number of hydrogen-bond acceptors (Lipinski definition) is 4. The number of aliphatic hydroxyl groups is 2. The van der Waals surface area contributed by atoms with E-state index in [4.69, 9.17) is 5.11 Å². The second-order valence-electron chi connectivity index (χ2n) is 4.87. The predicted molar refractivity (Wildman–Crippen MR) is 65.1 cm³/mol. The van der Waals surface area contributed by atoms with Crippen LogP contribution in [0.4, 0.5) is 0 Å². The first-order valence-corrected chi connectivity index (χ1v) is 6.10. The standard InChI is InChI=1S/C13H23O4/c1-9(2)11(5-4-10(3)16)12(8-15)13(17)6-7-14/h9,11-14,17H,4-7H2,1-3H3. The van der Waals surface area contributed by atoms with Crippen LogP contribution in [-0.4, -0.2) is 35.0 Å². The summed E-state index contributed by atoms with van der Waals surface area (Å²) < 4.78 is 0. The number of carbonyl (C=O) groups is 1. The van der Waals surface area contributed by atoms with Crippen LogP contribution in [0.2, 0.25) is 0 Å². The van der Waals surface area contributed by atoms with Gasteiger partial charge in [0.1, 0.15) is 5.78 Å². The monoisotopic (exact) mass is 243 g/mol. The Morgan fingerprint density at radius 2 is 1.88 bits per heavy atom. The molecule has 2 N–H and O–H groups in total. The number of carbonyl (C=O) groups excluding carboxylic acids is 2. The molecule has 3 atom stereocenters. The highest BCUT2D eigenvalue weighted by atomic mass is 16.3. The normalized spacial score (nSPS) is 16.6. The first kappa shape index (κ1) is 16.3. The van der Waals surface area contributed by atoms with Gasteiger partial charge in [0.15, 0.2) is 0 Å². The number of Topliss-reactive ketones (excluding diaryl/α,β-unsaturated/α-hetero) is 1. The van der Waals surface area contributed by atoms with E-state index in [0.717, 1.165) is 0 Å². The zero-order valence-electron chi connectivity index (χ0n) is 10.8. The van der Waals surface area contributed by atoms with Crippen LogP contribution in [0, 0.1) is 17.8 Å². The zero-order valence-corrected chi connectivity index (χ0v) is 10.8. The molecule has 0 spiro atoms. The van der Waals surface area contributed by atoms with Gasteiger partial charge < -0.3 is 15.0 Å². The molecule has 17 heavy (non-hydrogen) atoms. The van der Waals surface area contributed by atoms with Crippen molar-refractivity contribution >= 4 is 12.1 Å². The third kappa shape index (κ3) is 5.94.